The summed E-state index contributed by atoms with van der Waals surface area (Å²) in [6, 6.07) is 0. The lowest BCUT2D eigenvalue weighted by atomic mass is 10.0. The highest BCUT2D eigenvalue weighted by Gasteiger charge is 2.33. The van der Waals surface area contributed by atoms with Gasteiger partial charge in [-0.2, -0.15) is 13.5 Å². The molecule has 0 saturated heterocycles. The van der Waals surface area contributed by atoms with Crippen LogP contribution < -0.4 is 0 Å². The van der Waals surface area contributed by atoms with E-state index in [1.807, 2.05) is 0 Å². The average molecular weight is 228 g/mol. The molecule has 14 heavy (non-hydrogen) atoms. The van der Waals surface area contributed by atoms with Crippen molar-refractivity contribution in [1.29, 1.82) is 0 Å². The minimum Gasteiger partial charge on any atom is -0.479 e. The van der Waals surface area contributed by atoms with E-state index < -0.39 is 30.4 Å². The van der Waals surface area contributed by atoms with E-state index in [0.717, 1.165) is 0 Å². The number of carboxylic acid groups (broad SMARTS) is 1. The van der Waals surface area contributed by atoms with Gasteiger partial charge < -0.3 is 30.3 Å². The Morgan fingerprint density at radius 3 is 1.79 bits per heavy atom. The number of aliphatic carboxylic acids is 1. The third-order valence-electron chi connectivity index (χ3n) is 1.42. The van der Waals surface area contributed by atoms with Crippen molar-refractivity contribution in [2.45, 2.75) is 24.4 Å². The van der Waals surface area contributed by atoms with Gasteiger partial charge in [0.1, 0.15) is 18.3 Å². The monoisotopic (exact) mass is 228 g/mol. The van der Waals surface area contributed by atoms with Crippen molar-refractivity contribution in [3.8, 4) is 0 Å². The van der Waals surface area contributed by atoms with Gasteiger partial charge in [0.2, 0.25) is 0 Å². The number of carboxylic acids is 1. The molecule has 84 valence electrons. The Bertz CT molecular complexity index is 197. The number of aliphatic hydroxyl groups is 4. The van der Waals surface area contributed by atoms with Gasteiger partial charge >= 0.3 is 5.97 Å². The fraction of sp³-hybridized carbons (Fsp3) is 0.667. The lowest BCUT2D eigenvalue weighted by Crippen LogP contribution is -2.48. The quantitative estimate of drug-likeness (QED) is 0.313. The second-order valence-corrected chi connectivity index (χ2v) is 2.39. The molecule has 0 aromatic heterocycles. The molecule has 0 bridgehead atoms. The highest BCUT2D eigenvalue weighted by Crippen LogP contribution is 2.03. The van der Waals surface area contributed by atoms with Gasteiger partial charge in [0.05, 0.1) is 0 Å². The first-order valence-electron chi connectivity index (χ1n) is 3.32. The van der Waals surface area contributed by atoms with E-state index in [4.69, 9.17) is 25.5 Å². The molecule has 0 saturated carbocycles. The summed E-state index contributed by atoms with van der Waals surface area (Å²) in [5, 5.41) is 43.2. The van der Waals surface area contributed by atoms with Crippen LogP contribution in [0.2, 0.25) is 0 Å². The molecule has 0 amide bonds. The fourth-order valence-electron chi connectivity index (χ4n) is 0.615. The molecule has 0 aliphatic heterocycles. The van der Waals surface area contributed by atoms with E-state index in [-0.39, 0.29) is 19.8 Å². The van der Waals surface area contributed by atoms with Gasteiger partial charge in [-0.1, -0.05) is 0 Å². The topological polar surface area (TPSA) is 135 Å². The molecule has 0 aromatic carbocycles. The number of rotatable bonds is 5. The van der Waals surface area contributed by atoms with Crippen LogP contribution in [0.3, 0.4) is 0 Å². The van der Waals surface area contributed by atoms with E-state index in [1.165, 1.54) is 0 Å². The molecule has 0 heterocycles. The van der Waals surface area contributed by atoms with Crippen molar-refractivity contribution >= 4 is 25.8 Å². The van der Waals surface area contributed by atoms with E-state index in [0.29, 0.717) is 0 Å². The average Bonchev–Trinajstić information content (AvgIpc) is 2.12. The highest BCUT2D eigenvalue weighted by atomic mass is 32.1. The molecule has 5 N–H and O–H groups in total. The first kappa shape index (κ1) is 15.8. The van der Waals surface area contributed by atoms with E-state index >= 15 is 0 Å². The minimum absolute atomic E-state index is 0. The largest absolute Gasteiger partial charge is 0.479 e. The SMILES string of the molecule is O=CC(O)C(O)C(O)C(O)C(=O)O.S. The Hall–Kier alpha value is -0.670. The molecular formula is C6H12O7S. The lowest BCUT2D eigenvalue weighted by Gasteiger charge is -2.21. The van der Waals surface area contributed by atoms with Gasteiger partial charge in [-0.05, 0) is 0 Å². The Morgan fingerprint density at radius 1 is 1.07 bits per heavy atom. The second-order valence-electron chi connectivity index (χ2n) is 2.39. The summed E-state index contributed by atoms with van der Waals surface area (Å²) >= 11 is 0. The van der Waals surface area contributed by atoms with Gasteiger partial charge in [0.25, 0.3) is 0 Å². The van der Waals surface area contributed by atoms with E-state index in [2.05, 4.69) is 0 Å². The lowest BCUT2D eigenvalue weighted by molar-refractivity contribution is -0.163. The van der Waals surface area contributed by atoms with Gasteiger partial charge in [0, 0.05) is 0 Å². The Balaban J connectivity index is 0. The van der Waals surface area contributed by atoms with Gasteiger partial charge in [0.15, 0.2) is 12.4 Å². The van der Waals surface area contributed by atoms with Crippen LogP contribution in [0.15, 0.2) is 0 Å². The first-order chi connectivity index (χ1) is 5.91. The highest BCUT2D eigenvalue weighted by molar-refractivity contribution is 7.59. The fourth-order valence-corrected chi connectivity index (χ4v) is 0.615. The molecule has 0 aliphatic rings. The summed E-state index contributed by atoms with van der Waals surface area (Å²) in [5.41, 5.74) is 0. The predicted octanol–water partition coefficient (Wildman–Crippen LogP) is -3.17. The first-order valence-corrected chi connectivity index (χ1v) is 3.32. The number of aliphatic hydroxyl groups excluding tert-OH is 4. The number of hydrogen-bond acceptors (Lipinski definition) is 6. The normalized spacial score (nSPS) is 18.6. The Morgan fingerprint density at radius 2 is 1.50 bits per heavy atom. The minimum atomic E-state index is -2.25. The van der Waals surface area contributed by atoms with Gasteiger partial charge in [-0.15, -0.1) is 0 Å². The second kappa shape index (κ2) is 6.74. The molecular weight excluding hydrogens is 216 g/mol. The molecule has 0 rings (SSSR count). The van der Waals surface area contributed by atoms with Crippen LogP contribution in [-0.2, 0) is 9.59 Å². The third-order valence-corrected chi connectivity index (χ3v) is 1.42. The van der Waals surface area contributed by atoms with Crippen molar-refractivity contribution in [2.24, 2.45) is 0 Å². The van der Waals surface area contributed by atoms with Crippen molar-refractivity contribution < 1.29 is 35.1 Å². The van der Waals surface area contributed by atoms with Crippen LogP contribution in [0, 0.1) is 0 Å². The summed E-state index contributed by atoms with van der Waals surface area (Å²) in [7, 11) is 0. The molecule has 4 unspecified atom stereocenters. The van der Waals surface area contributed by atoms with Gasteiger partial charge in [-0.25, -0.2) is 4.79 Å². The maximum absolute atomic E-state index is 10.1. The van der Waals surface area contributed by atoms with Crippen LogP contribution in [0.4, 0.5) is 0 Å². The Labute approximate surface area is 86.1 Å². The molecule has 4 atom stereocenters. The van der Waals surface area contributed by atoms with E-state index in [9.17, 15) is 9.59 Å². The van der Waals surface area contributed by atoms with Crippen molar-refractivity contribution in [3.05, 3.63) is 0 Å². The maximum Gasteiger partial charge on any atom is 0.335 e. The zero-order valence-electron chi connectivity index (χ0n) is 6.94. The molecule has 0 spiro atoms. The molecule has 7 nitrogen and oxygen atoms in total. The summed E-state index contributed by atoms with van der Waals surface area (Å²) in [6.45, 7) is 0. The smallest absolute Gasteiger partial charge is 0.335 e. The summed E-state index contributed by atoms with van der Waals surface area (Å²) in [5.74, 6) is -1.76. The van der Waals surface area contributed by atoms with E-state index in [1.54, 1.807) is 0 Å². The third kappa shape index (κ3) is 4.03. The van der Waals surface area contributed by atoms with Gasteiger partial charge in [-0.3, -0.25) is 0 Å². The zero-order valence-corrected chi connectivity index (χ0v) is 7.94. The molecule has 0 aliphatic carbocycles. The van der Waals surface area contributed by atoms with Crippen molar-refractivity contribution in [2.75, 3.05) is 0 Å². The zero-order chi connectivity index (χ0) is 10.6. The van der Waals surface area contributed by atoms with Crippen LogP contribution in [0.5, 0.6) is 0 Å². The molecule has 0 radical (unpaired) electrons. The summed E-state index contributed by atoms with van der Waals surface area (Å²) < 4.78 is 0. The molecule has 0 aromatic rings. The van der Waals surface area contributed by atoms with Crippen LogP contribution >= 0.6 is 13.5 Å². The predicted molar refractivity (Wildman–Crippen MR) is 48.1 cm³/mol. The van der Waals surface area contributed by atoms with Crippen LogP contribution in [0.1, 0.15) is 0 Å². The summed E-state index contributed by atoms with van der Waals surface area (Å²) in [4.78, 5) is 20.0. The van der Waals surface area contributed by atoms with Crippen molar-refractivity contribution in [1.82, 2.24) is 0 Å². The van der Waals surface area contributed by atoms with Crippen molar-refractivity contribution in [3.63, 3.8) is 0 Å². The summed E-state index contributed by atoms with van der Waals surface area (Å²) in [6.07, 6.45) is -8.39. The van der Waals surface area contributed by atoms with Crippen LogP contribution in [0.25, 0.3) is 0 Å². The molecule has 0 fully saturated rings. The molecule has 8 heteroatoms. The standard InChI is InChI=1S/C6H10O7.H2S/c7-1-2(8)3(9)4(10)5(11)6(12)13;/h1-5,8-11H,(H,12,13);1H2. The number of carbonyl (C=O) groups excluding carboxylic acids is 1. The number of hydrogen-bond donors (Lipinski definition) is 5. The maximum atomic E-state index is 10.1. The van der Waals surface area contributed by atoms with Crippen LogP contribution in [-0.4, -0.2) is 62.2 Å². The number of aldehydes is 1. The number of carbonyl (C=O) groups is 2. The Kier molecular flexibility index (Phi) is 7.59.